The molecule has 0 atom stereocenters. The van der Waals surface area contributed by atoms with Gasteiger partial charge in [0.25, 0.3) is 0 Å². The van der Waals surface area contributed by atoms with Crippen LogP contribution >= 0.6 is 0 Å². The second kappa shape index (κ2) is 3.75. The van der Waals surface area contributed by atoms with Gasteiger partial charge in [-0.1, -0.05) is 36.3 Å². The lowest BCUT2D eigenvalue weighted by Gasteiger charge is -2.21. The summed E-state index contributed by atoms with van der Waals surface area (Å²) in [5.74, 6) is 0. The van der Waals surface area contributed by atoms with E-state index in [-0.39, 0.29) is 30.2 Å². The Labute approximate surface area is 86.7 Å². The highest BCUT2D eigenvalue weighted by Gasteiger charge is 2.08. The van der Waals surface area contributed by atoms with Crippen LogP contribution in [0.3, 0.4) is 0 Å². The van der Waals surface area contributed by atoms with Gasteiger partial charge in [0.2, 0.25) is 0 Å². The third kappa shape index (κ3) is 1.99. The van der Waals surface area contributed by atoms with Gasteiger partial charge in [-0.3, -0.25) is 0 Å². The summed E-state index contributed by atoms with van der Waals surface area (Å²) in [6.07, 6.45) is 2.65. The Kier molecular flexibility index (Phi) is 1.28. The van der Waals surface area contributed by atoms with Gasteiger partial charge >= 0.3 is 0 Å². The summed E-state index contributed by atoms with van der Waals surface area (Å²) in [7, 11) is 2.00. The zero-order valence-corrected chi connectivity index (χ0v) is 7.65. The summed E-state index contributed by atoms with van der Waals surface area (Å²) in [4.78, 5) is 2.12. The van der Waals surface area contributed by atoms with Crippen LogP contribution in [0, 0.1) is 0 Å². The summed E-state index contributed by atoms with van der Waals surface area (Å²) >= 11 is 0. The Morgan fingerprint density at radius 3 is 2.69 bits per heavy atom. The molecule has 1 aromatic rings. The molecule has 0 aliphatic carbocycles. The molecule has 0 unspecified atom stereocenters. The molecule has 0 bridgehead atoms. The Bertz CT molecular complexity index is 495. The minimum atomic E-state index is -0.331. The lowest BCUT2D eigenvalue weighted by molar-refractivity contribution is 0.370. The predicted octanol–water partition coefficient (Wildman–Crippen LogP) is 2.41. The number of benzene rings is 1. The summed E-state index contributed by atoms with van der Waals surface area (Å²) < 4.78 is 38.6. The highest BCUT2D eigenvalue weighted by molar-refractivity contribution is 5.66. The average molecular weight is 178 g/mol. The Morgan fingerprint density at radius 2 is 2.08 bits per heavy atom. The van der Waals surface area contributed by atoms with Crippen molar-refractivity contribution < 1.29 is 6.85 Å². The van der Waals surface area contributed by atoms with Crippen LogP contribution in [0.25, 0.3) is 5.57 Å². The maximum atomic E-state index is 7.89. The Morgan fingerprint density at radius 1 is 1.31 bits per heavy atom. The molecule has 1 nitrogen and oxygen atoms in total. The molecule has 0 saturated heterocycles. The maximum Gasteiger partial charge on any atom is 0.0629 e. The fraction of sp³-hybridized carbons (Fsp3) is 0.333. The minimum Gasteiger partial charge on any atom is -0.302 e. The second-order valence-electron chi connectivity index (χ2n) is 3.24. The number of hydrogen-bond acceptors (Lipinski definition) is 1. The summed E-state index contributed by atoms with van der Waals surface area (Å²) in [5.41, 5.74) is 1.21. The van der Waals surface area contributed by atoms with Gasteiger partial charge in [-0.25, -0.2) is 0 Å². The summed E-state index contributed by atoms with van der Waals surface area (Å²) in [6, 6.07) is -1.05. The van der Waals surface area contributed by atoms with Crippen molar-refractivity contribution in [2.45, 2.75) is 6.42 Å². The van der Waals surface area contributed by atoms with Gasteiger partial charge in [-0.15, -0.1) is 0 Å². The van der Waals surface area contributed by atoms with Crippen molar-refractivity contribution in [2.24, 2.45) is 0 Å². The first kappa shape index (κ1) is 4.43. The van der Waals surface area contributed by atoms with Crippen LogP contribution in [0.15, 0.2) is 36.3 Å². The van der Waals surface area contributed by atoms with Crippen LogP contribution in [0.1, 0.15) is 18.8 Å². The Hall–Kier alpha value is -1.08. The van der Waals surface area contributed by atoms with Crippen molar-refractivity contribution in [3.63, 3.8) is 0 Å². The van der Waals surface area contributed by atoms with E-state index in [2.05, 4.69) is 4.90 Å². The molecule has 1 aliphatic rings. The van der Waals surface area contributed by atoms with Crippen LogP contribution in [0.5, 0.6) is 0 Å². The van der Waals surface area contributed by atoms with Gasteiger partial charge in [-0.05, 0) is 24.6 Å². The molecule has 0 saturated carbocycles. The van der Waals surface area contributed by atoms with E-state index in [0.717, 1.165) is 18.7 Å². The molecule has 0 radical (unpaired) electrons. The quantitative estimate of drug-likeness (QED) is 0.638. The molecule has 1 heteroatoms. The SMILES string of the molecule is [2H]c1c([2H])c([2H])c(C2=CCN(C)CC2)c([2H])c1[2H]. The normalized spacial score (nSPS) is 23.8. The van der Waals surface area contributed by atoms with Crippen LogP contribution in [0.2, 0.25) is 0 Å². The molecule has 1 aliphatic heterocycles. The van der Waals surface area contributed by atoms with E-state index in [1.54, 1.807) is 0 Å². The number of rotatable bonds is 1. The van der Waals surface area contributed by atoms with Crippen molar-refractivity contribution in [3.8, 4) is 0 Å². The largest absolute Gasteiger partial charge is 0.302 e. The molecule has 68 valence electrons. The second-order valence-corrected chi connectivity index (χ2v) is 3.24. The fourth-order valence-electron chi connectivity index (χ4n) is 1.41. The summed E-state index contributed by atoms with van der Waals surface area (Å²) in [5, 5.41) is 0. The van der Waals surface area contributed by atoms with Crippen LogP contribution in [-0.2, 0) is 0 Å². The fourth-order valence-corrected chi connectivity index (χ4v) is 1.41. The molecule has 0 spiro atoms. The van der Waals surface area contributed by atoms with Crippen LogP contribution in [0.4, 0.5) is 0 Å². The van der Waals surface area contributed by atoms with Crippen molar-refractivity contribution in [3.05, 3.63) is 41.9 Å². The molecule has 0 N–H and O–H groups in total. The van der Waals surface area contributed by atoms with Gasteiger partial charge < -0.3 is 4.90 Å². The maximum absolute atomic E-state index is 7.89. The zero-order chi connectivity index (χ0) is 13.4. The standard InChI is InChI=1S/C12H15N/c1-13-9-7-12(8-10-13)11-5-3-2-4-6-11/h2-7H,8-10H2,1H3/i2D,3D,4D,5D,6D. The lowest BCUT2D eigenvalue weighted by Crippen LogP contribution is -2.23. The van der Waals surface area contributed by atoms with Crippen LogP contribution < -0.4 is 0 Å². The number of hydrogen-bond donors (Lipinski definition) is 0. The highest BCUT2D eigenvalue weighted by Crippen LogP contribution is 2.20. The molecule has 1 aromatic carbocycles. The van der Waals surface area contributed by atoms with Gasteiger partial charge in [-0.2, -0.15) is 0 Å². The van der Waals surface area contributed by atoms with Gasteiger partial charge in [0.15, 0.2) is 0 Å². The third-order valence-electron chi connectivity index (χ3n) is 2.23. The van der Waals surface area contributed by atoms with Crippen molar-refractivity contribution >= 4 is 5.57 Å². The van der Waals surface area contributed by atoms with E-state index in [1.165, 1.54) is 0 Å². The molecule has 0 aromatic heterocycles. The van der Waals surface area contributed by atoms with Gasteiger partial charge in [0.05, 0.1) is 6.85 Å². The van der Waals surface area contributed by atoms with E-state index in [0.29, 0.717) is 12.0 Å². The third-order valence-corrected chi connectivity index (χ3v) is 2.23. The first-order valence-corrected chi connectivity index (χ1v) is 4.38. The topological polar surface area (TPSA) is 3.24 Å². The van der Waals surface area contributed by atoms with E-state index < -0.39 is 0 Å². The zero-order valence-electron chi connectivity index (χ0n) is 12.6. The molecule has 13 heavy (non-hydrogen) atoms. The monoisotopic (exact) mass is 178 g/mol. The van der Waals surface area contributed by atoms with Crippen molar-refractivity contribution in [1.82, 2.24) is 4.90 Å². The lowest BCUT2D eigenvalue weighted by atomic mass is 10.00. The molecular weight excluding hydrogens is 158 g/mol. The number of likely N-dealkylation sites (N-methyl/N-ethyl adjacent to an activating group) is 1. The van der Waals surface area contributed by atoms with Crippen LogP contribution in [-0.4, -0.2) is 25.0 Å². The first-order valence-electron chi connectivity index (χ1n) is 6.88. The molecular formula is C12H15N. The molecule has 1 heterocycles. The number of nitrogens with zero attached hydrogens (tertiary/aromatic N) is 1. The molecule has 2 rings (SSSR count). The summed E-state index contributed by atoms with van der Waals surface area (Å²) in [6.45, 7) is 1.59. The van der Waals surface area contributed by atoms with E-state index in [9.17, 15) is 0 Å². The van der Waals surface area contributed by atoms with Gasteiger partial charge in [0.1, 0.15) is 0 Å². The predicted molar refractivity (Wildman–Crippen MR) is 56.5 cm³/mol. The highest BCUT2D eigenvalue weighted by atomic mass is 15.1. The van der Waals surface area contributed by atoms with Gasteiger partial charge in [0, 0.05) is 13.1 Å². The Balaban J connectivity index is 2.58. The smallest absolute Gasteiger partial charge is 0.0629 e. The van der Waals surface area contributed by atoms with Crippen molar-refractivity contribution in [1.29, 1.82) is 0 Å². The van der Waals surface area contributed by atoms with Crippen molar-refractivity contribution in [2.75, 3.05) is 20.1 Å². The average Bonchev–Trinajstić information content (AvgIpc) is 2.36. The van der Waals surface area contributed by atoms with E-state index >= 15 is 0 Å². The van der Waals surface area contributed by atoms with E-state index in [4.69, 9.17) is 6.85 Å². The van der Waals surface area contributed by atoms with E-state index in [1.807, 2.05) is 13.1 Å². The first-order chi connectivity index (χ1) is 8.43. The molecule has 0 fully saturated rings. The minimum absolute atomic E-state index is 0.100. The molecule has 0 amide bonds.